The fourth-order valence-corrected chi connectivity index (χ4v) is 0.730. The van der Waals surface area contributed by atoms with Gasteiger partial charge in [-0.15, -0.1) is 0 Å². The summed E-state index contributed by atoms with van der Waals surface area (Å²) in [5.41, 5.74) is 0.994. The van der Waals surface area contributed by atoms with E-state index < -0.39 is 0 Å². The standard InChI is InChI=1S/C7H10ClN2/c1-5(2)6-3-10-7(8)4-9-6/h3-5,8H,1-2H3/q+1. The first-order valence-electron chi connectivity index (χ1n) is 3.19. The summed E-state index contributed by atoms with van der Waals surface area (Å²) in [4.78, 5) is 8.06. The normalized spacial score (nSPS) is 10.4. The molecule has 0 spiro atoms. The van der Waals surface area contributed by atoms with Crippen molar-refractivity contribution < 1.29 is 11.6 Å². The topological polar surface area (TPSA) is 25.8 Å². The Morgan fingerprint density at radius 3 is 2.40 bits per heavy atom. The first-order valence-corrected chi connectivity index (χ1v) is 3.60. The molecule has 0 saturated heterocycles. The molecule has 0 unspecified atom stereocenters. The van der Waals surface area contributed by atoms with Gasteiger partial charge >= 0.3 is 5.15 Å². The molecular formula is C7H10ClN2+. The van der Waals surface area contributed by atoms with E-state index in [1.165, 1.54) is 0 Å². The maximum atomic E-state index is 4.78. The Labute approximate surface area is 65.3 Å². The molecule has 0 aliphatic rings. The van der Waals surface area contributed by atoms with Gasteiger partial charge in [0, 0.05) is 0 Å². The second-order valence-electron chi connectivity index (χ2n) is 2.43. The molecule has 0 atom stereocenters. The molecule has 0 N–H and O–H groups in total. The van der Waals surface area contributed by atoms with Crippen molar-refractivity contribution in [2.75, 3.05) is 0 Å². The molecule has 2 nitrogen and oxygen atoms in total. The van der Waals surface area contributed by atoms with E-state index >= 15 is 0 Å². The third-order valence-corrected chi connectivity index (χ3v) is 1.45. The molecular weight excluding hydrogens is 148 g/mol. The van der Waals surface area contributed by atoms with Crippen molar-refractivity contribution >= 4 is 0 Å². The molecule has 1 aromatic heterocycles. The number of aromatic nitrogens is 2. The lowest BCUT2D eigenvalue weighted by molar-refractivity contribution is -0.296. The third-order valence-electron chi connectivity index (χ3n) is 1.24. The molecule has 0 fully saturated rings. The molecule has 0 amide bonds. The van der Waals surface area contributed by atoms with Crippen LogP contribution < -0.4 is 0 Å². The molecule has 0 radical (unpaired) electrons. The van der Waals surface area contributed by atoms with Gasteiger partial charge in [-0.3, -0.25) is 4.98 Å². The summed E-state index contributed by atoms with van der Waals surface area (Å²) in [6.45, 7) is 4.15. The van der Waals surface area contributed by atoms with Crippen molar-refractivity contribution in [1.82, 2.24) is 9.97 Å². The fraction of sp³-hybridized carbons (Fsp3) is 0.429. The average molecular weight is 158 g/mol. The van der Waals surface area contributed by atoms with Crippen LogP contribution in [0.3, 0.4) is 0 Å². The molecule has 3 heteroatoms. The van der Waals surface area contributed by atoms with Gasteiger partial charge < -0.3 is 0 Å². The zero-order valence-corrected chi connectivity index (χ0v) is 6.85. The zero-order chi connectivity index (χ0) is 7.56. The SMILES string of the molecule is CC(C)c1cnc([ClH+])cn1. The Hall–Kier alpha value is -0.630. The highest BCUT2D eigenvalue weighted by Crippen LogP contribution is 2.08. The van der Waals surface area contributed by atoms with Crippen LogP contribution in [0.15, 0.2) is 12.4 Å². The number of nitrogens with zero attached hydrogens (tertiary/aromatic N) is 2. The largest absolute Gasteiger partial charge is 0.336 e. The third kappa shape index (κ3) is 1.67. The number of rotatable bonds is 1. The summed E-state index contributed by atoms with van der Waals surface area (Å²) in [6.07, 6.45) is 3.34. The van der Waals surface area contributed by atoms with Gasteiger partial charge in [0.05, 0.1) is 11.9 Å². The highest BCUT2D eigenvalue weighted by molar-refractivity contribution is 5.02. The molecule has 0 aromatic carbocycles. The average Bonchev–Trinajstić information content (AvgIpc) is 1.88. The molecule has 0 aliphatic carbocycles. The first-order chi connectivity index (χ1) is 4.70. The summed E-state index contributed by atoms with van der Waals surface area (Å²) in [5, 5.41) is 0.560. The Morgan fingerprint density at radius 1 is 1.30 bits per heavy atom. The van der Waals surface area contributed by atoms with Crippen molar-refractivity contribution in [3.63, 3.8) is 0 Å². The summed E-state index contributed by atoms with van der Waals surface area (Å²) in [5.74, 6) is 0.433. The number of halogens is 1. The molecule has 1 rings (SSSR count). The van der Waals surface area contributed by atoms with Crippen molar-refractivity contribution in [3.8, 4) is 0 Å². The Kier molecular flexibility index (Phi) is 2.22. The van der Waals surface area contributed by atoms with Gasteiger partial charge in [0.1, 0.15) is 6.20 Å². The van der Waals surface area contributed by atoms with Gasteiger partial charge in [0.2, 0.25) is 0 Å². The van der Waals surface area contributed by atoms with E-state index in [0.717, 1.165) is 5.69 Å². The van der Waals surface area contributed by atoms with E-state index in [-0.39, 0.29) is 0 Å². The van der Waals surface area contributed by atoms with Crippen molar-refractivity contribution in [2.45, 2.75) is 19.8 Å². The van der Waals surface area contributed by atoms with Crippen LogP contribution in [-0.4, -0.2) is 9.97 Å². The maximum absolute atomic E-state index is 4.78. The van der Waals surface area contributed by atoms with Crippen LogP contribution in [0.2, 0.25) is 5.15 Å². The summed E-state index contributed by atoms with van der Waals surface area (Å²) in [7, 11) is 0. The predicted octanol–water partition coefficient (Wildman–Crippen LogP) is 1.30. The highest BCUT2D eigenvalue weighted by atomic mass is 35.5. The van der Waals surface area contributed by atoms with Gasteiger partial charge in [0.15, 0.2) is 11.6 Å². The van der Waals surface area contributed by atoms with Crippen LogP contribution in [0.5, 0.6) is 0 Å². The molecule has 0 aliphatic heterocycles. The minimum atomic E-state index is 0.433. The summed E-state index contributed by atoms with van der Waals surface area (Å²) in [6, 6.07) is 0. The lowest BCUT2D eigenvalue weighted by Gasteiger charge is -1.99. The van der Waals surface area contributed by atoms with Crippen molar-refractivity contribution in [2.24, 2.45) is 0 Å². The Morgan fingerprint density at radius 2 is 2.00 bits per heavy atom. The molecule has 54 valence electrons. The van der Waals surface area contributed by atoms with Gasteiger partial charge in [-0.05, 0) is 5.92 Å². The minimum Gasteiger partial charge on any atom is -0.252 e. The Bertz CT molecular complexity index is 205. The number of hydrogen-bond donors (Lipinski definition) is 0. The van der Waals surface area contributed by atoms with E-state index in [4.69, 9.17) is 11.6 Å². The highest BCUT2D eigenvalue weighted by Gasteiger charge is 2.02. The van der Waals surface area contributed by atoms with E-state index in [1.54, 1.807) is 12.4 Å². The summed E-state index contributed by atoms with van der Waals surface area (Å²) < 4.78 is 0. The van der Waals surface area contributed by atoms with Crippen molar-refractivity contribution in [3.05, 3.63) is 23.2 Å². The molecule has 0 bridgehead atoms. The van der Waals surface area contributed by atoms with E-state index in [1.807, 2.05) is 0 Å². The van der Waals surface area contributed by atoms with Crippen LogP contribution in [0.1, 0.15) is 25.5 Å². The van der Waals surface area contributed by atoms with Crippen LogP contribution in [0.25, 0.3) is 0 Å². The van der Waals surface area contributed by atoms with Crippen LogP contribution >= 0.6 is 0 Å². The fourth-order valence-electron chi connectivity index (χ4n) is 0.624. The number of hydrogen-bond acceptors (Lipinski definition) is 2. The summed E-state index contributed by atoms with van der Waals surface area (Å²) >= 11 is 4.78. The quantitative estimate of drug-likeness (QED) is 0.614. The zero-order valence-electron chi connectivity index (χ0n) is 6.03. The van der Waals surface area contributed by atoms with Crippen molar-refractivity contribution in [1.29, 1.82) is 0 Å². The van der Waals surface area contributed by atoms with Gasteiger partial charge in [-0.1, -0.05) is 13.8 Å². The van der Waals surface area contributed by atoms with Gasteiger partial charge in [-0.25, -0.2) is 0 Å². The minimum absolute atomic E-state index is 0.433. The monoisotopic (exact) mass is 157 g/mol. The van der Waals surface area contributed by atoms with Crippen LogP contribution in [-0.2, 0) is 0 Å². The predicted molar refractivity (Wildman–Crippen MR) is 36.7 cm³/mol. The molecule has 0 saturated carbocycles. The van der Waals surface area contributed by atoms with E-state index in [9.17, 15) is 0 Å². The van der Waals surface area contributed by atoms with E-state index in [0.29, 0.717) is 11.1 Å². The van der Waals surface area contributed by atoms with Crippen LogP contribution in [0, 0.1) is 11.6 Å². The molecule has 10 heavy (non-hydrogen) atoms. The molecule has 1 heterocycles. The van der Waals surface area contributed by atoms with E-state index in [2.05, 4.69) is 23.8 Å². The van der Waals surface area contributed by atoms with Gasteiger partial charge in [-0.2, -0.15) is 4.98 Å². The Balaban J connectivity index is 2.89. The smallest absolute Gasteiger partial charge is 0.252 e. The lowest BCUT2D eigenvalue weighted by atomic mass is 10.1. The first kappa shape index (κ1) is 7.48. The maximum Gasteiger partial charge on any atom is 0.336 e. The second kappa shape index (κ2) is 2.97. The molecule has 1 aromatic rings. The van der Waals surface area contributed by atoms with Crippen LogP contribution in [0.4, 0.5) is 0 Å². The second-order valence-corrected chi connectivity index (χ2v) is 2.85. The van der Waals surface area contributed by atoms with Gasteiger partial charge in [0.25, 0.3) is 0 Å². The lowest BCUT2D eigenvalue weighted by Crippen LogP contribution is -1.93.